The van der Waals surface area contributed by atoms with Gasteiger partial charge in [0.2, 0.25) is 0 Å². The van der Waals surface area contributed by atoms with Crippen molar-refractivity contribution >= 4 is 0 Å². The van der Waals surface area contributed by atoms with Gasteiger partial charge in [-0.1, -0.05) is 12.1 Å². The molecule has 0 fully saturated rings. The van der Waals surface area contributed by atoms with Gasteiger partial charge in [-0.05, 0) is 41.8 Å². The van der Waals surface area contributed by atoms with Gasteiger partial charge in [0.1, 0.15) is 5.75 Å². The number of ether oxygens (including phenoxy) is 1. The van der Waals surface area contributed by atoms with Crippen molar-refractivity contribution in [2.75, 3.05) is 7.11 Å². The molecule has 0 radical (unpaired) electrons. The highest BCUT2D eigenvalue weighted by Crippen LogP contribution is 2.12. The number of nitrogens with zero attached hydrogens (tertiary/aromatic N) is 1. The molecule has 0 aliphatic rings. The van der Waals surface area contributed by atoms with Crippen LogP contribution in [0.15, 0.2) is 42.7 Å². The molecular formula is C15H18N2O. The summed E-state index contributed by atoms with van der Waals surface area (Å²) in [5, 5.41) is 3.41. The van der Waals surface area contributed by atoms with Gasteiger partial charge in [-0.25, -0.2) is 0 Å². The van der Waals surface area contributed by atoms with E-state index >= 15 is 0 Å². The average molecular weight is 242 g/mol. The van der Waals surface area contributed by atoms with Gasteiger partial charge < -0.3 is 10.1 Å². The second kappa shape index (κ2) is 6.17. The summed E-state index contributed by atoms with van der Waals surface area (Å²) in [6.07, 6.45) is 3.73. The number of aromatic nitrogens is 1. The van der Waals surface area contributed by atoms with E-state index in [4.69, 9.17) is 4.74 Å². The first-order valence-electron chi connectivity index (χ1n) is 6.03. The van der Waals surface area contributed by atoms with Crippen LogP contribution in [0.2, 0.25) is 0 Å². The van der Waals surface area contributed by atoms with E-state index in [1.807, 2.05) is 36.7 Å². The Balaban J connectivity index is 1.90. The van der Waals surface area contributed by atoms with Gasteiger partial charge in [0, 0.05) is 25.5 Å². The van der Waals surface area contributed by atoms with Crippen LogP contribution < -0.4 is 10.1 Å². The lowest BCUT2D eigenvalue weighted by Crippen LogP contribution is -2.13. The lowest BCUT2D eigenvalue weighted by molar-refractivity contribution is 0.414. The summed E-state index contributed by atoms with van der Waals surface area (Å²) < 4.78 is 5.20. The number of rotatable bonds is 5. The summed E-state index contributed by atoms with van der Waals surface area (Å²) >= 11 is 0. The van der Waals surface area contributed by atoms with Crippen LogP contribution in [0.1, 0.15) is 16.7 Å². The van der Waals surface area contributed by atoms with Gasteiger partial charge in [0.15, 0.2) is 0 Å². The minimum Gasteiger partial charge on any atom is -0.497 e. The van der Waals surface area contributed by atoms with E-state index in [-0.39, 0.29) is 0 Å². The Hall–Kier alpha value is -1.87. The second-order valence-electron chi connectivity index (χ2n) is 4.26. The van der Waals surface area contributed by atoms with Crippen molar-refractivity contribution < 1.29 is 4.74 Å². The molecule has 0 spiro atoms. The Morgan fingerprint density at radius 3 is 2.89 bits per heavy atom. The van der Waals surface area contributed by atoms with Crippen LogP contribution in [0.5, 0.6) is 5.75 Å². The molecule has 0 amide bonds. The van der Waals surface area contributed by atoms with Crippen LogP contribution in [0.4, 0.5) is 0 Å². The summed E-state index contributed by atoms with van der Waals surface area (Å²) in [5.41, 5.74) is 3.72. The molecule has 1 N–H and O–H groups in total. The Morgan fingerprint density at radius 1 is 1.22 bits per heavy atom. The largest absolute Gasteiger partial charge is 0.497 e. The first kappa shape index (κ1) is 12.6. The summed E-state index contributed by atoms with van der Waals surface area (Å²) in [5.74, 6) is 0.895. The highest BCUT2D eigenvalue weighted by Gasteiger charge is 1.99. The maximum atomic E-state index is 5.20. The van der Waals surface area contributed by atoms with E-state index in [9.17, 15) is 0 Å². The molecule has 0 bridgehead atoms. The van der Waals surface area contributed by atoms with Gasteiger partial charge in [0.25, 0.3) is 0 Å². The molecule has 0 saturated carbocycles. The lowest BCUT2D eigenvalue weighted by atomic mass is 10.1. The normalized spacial score (nSPS) is 10.3. The van der Waals surface area contributed by atoms with Crippen molar-refractivity contribution in [1.82, 2.24) is 10.3 Å². The van der Waals surface area contributed by atoms with Crippen molar-refractivity contribution in [3.8, 4) is 5.75 Å². The molecule has 3 nitrogen and oxygen atoms in total. The van der Waals surface area contributed by atoms with Crippen LogP contribution in [0.3, 0.4) is 0 Å². The third kappa shape index (κ3) is 3.31. The predicted molar refractivity (Wildman–Crippen MR) is 72.5 cm³/mol. The smallest absolute Gasteiger partial charge is 0.119 e. The number of nitrogens with one attached hydrogen (secondary N) is 1. The summed E-state index contributed by atoms with van der Waals surface area (Å²) in [6, 6.07) is 10.1. The third-order valence-electron chi connectivity index (χ3n) is 2.93. The molecule has 2 rings (SSSR count). The van der Waals surface area contributed by atoms with Crippen LogP contribution in [-0.2, 0) is 13.1 Å². The van der Waals surface area contributed by atoms with E-state index in [0.29, 0.717) is 0 Å². The van der Waals surface area contributed by atoms with Crippen molar-refractivity contribution in [2.45, 2.75) is 20.0 Å². The Labute approximate surface area is 108 Å². The fraction of sp³-hybridized carbons (Fsp3) is 0.267. The van der Waals surface area contributed by atoms with Crippen molar-refractivity contribution in [3.63, 3.8) is 0 Å². The number of hydrogen-bond donors (Lipinski definition) is 1. The zero-order valence-electron chi connectivity index (χ0n) is 10.8. The molecule has 18 heavy (non-hydrogen) atoms. The van der Waals surface area contributed by atoms with Crippen molar-refractivity contribution in [1.29, 1.82) is 0 Å². The number of methoxy groups -OCH3 is 1. The van der Waals surface area contributed by atoms with E-state index in [1.165, 1.54) is 16.7 Å². The third-order valence-corrected chi connectivity index (χ3v) is 2.93. The molecule has 1 heterocycles. The van der Waals surface area contributed by atoms with Crippen molar-refractivity contribution in [2.24, 2.45) is 0 Å². The quantitative estimate of drug-likeness (QED) is 0.875. The van der Waals surface area contributed by atoms with Gasteiger partial charge >= 0.3 is 0 Å². The molecule has 1 aromatic heterocycles. The fourth-order valence-electron chi connectivity index (χ4n) is 1.81. The number of hydrogen-bond acceptors (Lipinski definition) is 3. The van der Waals surface area contributed by atoms with Crippen LogP contribution in [0, 0.1) is 6.92 Å². The molecule has 0 saturated heterocycles. The number of pyridine rings is 1. The monoisotopic (exact) mass is 242 g/mol. The molecule has 1 aromatic carbocycles. The highest BCUT2D eigenvalue weighted by atomic mass is 16.5. The van der Waals surface area contributed by atoms with Crippen LogP contribution in [0.25, 0.3) is 0 Å². The Morgan fingerprint density at radius 2 is 2.11 bits per heavy atom. The molecule has 2 aromatic rings. The summed E-state index contributed by atoms with van der Waals surface area (Å²) in [7, 11) is 1.69. The molecule has 0 atom stereocenters. The fourth-order valence-corrected chi connectivity index (χ4v) is 1.81. The number of aryl methyl sites for hydroxylation is 1. The minimum absolute atomic E-state index is 0.825. The second-order valence-corrected chi connectivity index (χ2v) is 4.26. The summed E-state index contributed by atoms with van der Waals surface area (Å²) in [6.45, 7) is 3.76. The Kier molecular flexibility index (Phi) is 4.31. The van der Waals surface area contributed by atoms with E-state index in [1.54, 1.807) is 7.11 Å². The van der Waals surface area contributed by atoms with Gasteiger partial charge in [0.05, 0.1) is 7.11 Å². The van der Waals surface area contributed by atoms with Gasteiger partial charge in [-0.15, -0.1) is 0 Å². The number of benzene rings is 1. The van der Waals surface area contributed by atoms with E-state index < -0.39 is 0 Å². The summed E-state index contributed by atoms with van der Waals surface area (Å²) in [4.78, 5) is 4.14. The lowest BCUT2D eigenvalue weighted by Gasteiger charge is -2.08. The van der Waals surface area contributed by atoms with Crippen molar-refractivity contribution in [3.05, 3.63) is 59.4 Å². The zero-order valence-corrected chi connectivity index (χ0v) is 10.8. The van der Waals surface area contributed by atoms with Crippen LogP contribution >= 0.6 is 0 Å². The van der Waals surface area contributed by atoms with E-state index in [0.717, 1.165) is 18.8 Å². The Bertz CT molecular complexity index is 511. The van der Waals surface area contributed by atoms with Gasteiger partial charge in [-0.2, -0.15) is 0 Å². The maximum absolute atomic E-state index is 5.20. The van der Waals surface area contributed by atoms with Crippen LogP contribution in [-0.4, -0.2) is 12.1 Å². The molecular weight excluding hydrogens is 224 g/mol. The average Bonchev–Trinajstić information content (AvgIpc) is 2.41. The molecule has 94 valence electrons. The molecule has 0 aliphatic heterocycles. The molecule has 3 heteroatoms. The molecule has 0 aliphatic carbocycles. The van der Waals surface area contributed by atoms with E-state index in [2.05, 4.69) is 23.3 Å². The SMILES string of the molecule is COc1cccc(CNCc2cnccc2C)c1. The maximum Gasteiger partial charge on any atom is 0.119 e. The highest BCUT2D eigenvalue weighted by molar-refractivity contribution is 5.28. The molecule has 0 unspecified atom stereocenters. The van der Waals surface area contributed by atoms with Gasteiger partial charge in [-0.3, -0.25) is 4.98 Å². The zero-order chi connectivity index (χ0) is 12.8. The topological polar surface area (TPSA) is 34.1 Å². The first-order chi connectivity index (χ1) is 8.79. The minimum atomic E-state index is 0.825. The standard InChI is InChI=1S/C15H18N2O/c1-12-6-7-16-10-14(12)11-17-9-13-4-3-5-15(8-13)18-2/h3-8,10,17H,9,11H2,1-2H3. The predicted octanol–water partition coefficient (Wildman–Crippen LogP) is 2.69. The first-order valence-corrected chi connectivity index (χ1v) is 6.03.